The Morgan fingerprint density at radius 1 is 1.23 bits per heavy atom. The number of nitrogens with zero attached hydrogens (tertiary/aromatic N) is 4. The number of rotatable bonds is 12. The third-order valence-corrected chi connectivity index (χ3v) is 6.71. The summed E-state index contributed by atoms with van der Waals surface area (Å²) in [7, 11) is 0. The highest BCUT2D eigenvalue weighted by Crippen LogP contribution is 2.40. The lowest BCUT2D eigenvalue weighted by Crippen LogP contribution is -2.31. The van der Waals surface area contributed by atoms with Crippen LogP contribution >= 0.6 is 6.89 Å². The minimum absolute atomic E-state index is 0.447. The van der Waals surface area contributed by atoms with E-state index in [1.807, 2.05) is 0 Å². The Morgan fingerprint density at radius 2 is 2.00 bits per heavy atom. The normalized spacial score (nSPS) is 24.2. The maximum Gasteiger partial charge on any atom is 0.167 e. The fraction of sp³-hybridized carbons (Fsp3) is 0.700. The lowest BCUT2D eigenvalue weighted by atomic mass is 10.1. The van der Waals surface area contributed by atoms with Gasteiger partial charge >= 0.3 is 0 Å². The fourth-order valence-electron chi connectivity index (χ4n) is 3.51. The Bertz CT molecular complexity index is 888. The van der Waals surface area contributed by atoms with Crippen LogP contribution in [0.15, 0.2) is 12.7 Å². The van der Waals surface area contributed by atoms with Gasteiger partial charge in [-0.05, 0) is 45.3 Å². The van der Waals surface area contributed by atoms with E-state index in [4.69, 9.17) is 15.2 Å². The van der Waals surface area contributed by atoms with Crippen LogP contribution in [0.3, 0.4) is 0 Å². The third kappa shape index (κ3) is 6.25. The molecule has 0 bridgehead atoms. The minimum Gasteiger partial charge on any atom is -0.388 e. The first-order valence-electron chi connectivity index (χ1n) is 10.7. The zero-order valence-corrected chi connectivity index (χ0v) is 19.2. The van der Waals surface area contributed by atoms with E-state index >= 15 is 0 Å². The summed E-state index contributed by atoms with van der Waals surface area (Å²) in [6.45, 7) is 5.66. The van der Waals surface area contributed by atoms with Gasteiger partial charge in [0.15, 0.2) is 23.2 Å². The van der Waals surface area contributed by atoms with E-state index in [0.29, 0.717) is 49.7 Å². The Labute approximate surface area is 183 Å². The molecule has 0 spiro atoms. The largest absolute Gasteiger partial charge is 0.388 e. The minimum atomic E-state index is -1.25. The van der Waals surface area contributed by atoms with E-state index in [9.17, 15) is 10.2 Å². The molecule has 1 saturated heterocycles. The van der Waals surface area contributed by atoms with Crippen LogP contribution in [0.25, 0.3) is 11.2 Å². The van der Waals surface area contributed by atoms with E-state index in [0.717, 1.165) is 19.0 Å². The van der Waals surface area contributed by atoms with Crippen LogP contribution in [0.4, 0.5) is 5.82 Å². The standard InChI is InChI=1S/C20H35N6O4P/c1-31(2,3)11-6-14-16(27)17(28)20(30-14)26-13-25-15-18(23-12-24-19(15)26)22-8-5-10-29-9-4-7-21/h12-14,16-17,20,27-28H,1,4-11,21H2,2-3H3,(H,22,23,24)/t14?,16-,17-,20-/m1/s1. The molecule has 3 heterocycles. The smallest absolute Gasteiger partial charge is 0.167 e. The van der Waals surface area contributed by atoms with E-state index in [-0.39, 0.29) is 0 Å². The number of fused-ring (bicyclic) bond motifs is 1. The maximum atomic E-state index is 10.6. The molecule has 1 aliphatic heterocycles. The number of ether oxygens (including phenoxy) is 2. The Hall–Kier alpha value is -1.55. The van der Waals surface area contributed by atoms with Gasteiger partial charge in [0.2, 0.25) is 0 Å². The molecule has 3 rings (SSSR count). The number of aliphatic hydroxyl groups is 2. The van der Waals surface area contributed by atoms with Gasteiger partial charge in [-0.2, -0.15) is 0 Å². The number of hydrogen-bond acceptors (Lipinski definition) is 9. The molecule has 174 valence electrons. The molecular formula is C20H35N6O4P. The monoisotopic (exact) mass is 454 g/mol. The van der Waals surface area contributed by atoms with Gasteiger partial charge in [-0.3, -0.25) is 4.57 Å². The van der Waals surface area contributed by atoms with Crippen LogP contribution in [0.5, 0.6) is 0 Å². The van der Waals surface area contributed by atoms with Crippen LogP contribution in [0.2, 0.25) is 0 Å². The topological polar surface area (TPSA) is 141 Å². The zero-order chi connectivity index (χ0) is 22.4. The molecule has 0 radical (unpaired) electrons. The summed E-state index contributed by atoms with van der Waals surface area (Å²) in [4.78, 5) is 13.0. The highest BCUT2D eigenvalue weighted by molar-refractivity contribution is 7.72. The molecule has 4 atom stereocenters. The molecule has 10 nitrogen and oxygen atoms in total. The van der Waals surface area contributed by atoms with Gasteiger partial charge < -0.3 is 30.7 Å². The average molecular weight is 455 g/mol. The molecule has 0 saturated carbocycles. The van der Waals surface area contributed by atoms with Crippen LogP contribution in [0.1, 0.15) is 25.5 Å². The summed E-state index contributed by atoms with van der Waals surface area (Å²) in [6.07, 6.45) is 7.20. The molecule has 0 aliphatic carbocycles. The summed E-state index contributed by atoms with van der Waals surface area (Å²) in [5, 5.41) is 24.4. The van der Waals surface area contributed by atoms with E-state index in [2.05, 4.69) is 39.9 Å². The zero-order valence-electron chi connectivity index (χ0n) is 18.4. The molecular weight excluding hydrogens is 419 g/mol. The van der Waals surface area contributed by atoms with Crippen molar-refractivity contribution in [2.45, 2.75) is 43.8 Å². The predicted molar refractivity (Wildman–Crippen MR) is 124 cm³/mol. The Morgan fingerprint density at radius 3 is 2.74 bits per heavy atom. The molecule has 31 heavy (non-hydrogen) atoms. The number of hydrogen-bond donors (Lipinski definition) is 4. The van der Waals surface area contributed by atoms with Gasteiger partial charge in [0.25, 0.3) is 0 Å². The highest BCUT2D eigenvalue weighted by Gasteiger charge is 2.44. The van der Waals surface area contributed by atoms with Gasteiger partial charge in [-0.1, -0.05) is 0 Å². The first kappa shape index (κ1) is 24.1. The van der Waals surface area contributed by atoms with Crippen molar-refractivity contribution in [3.63, 3.8) is 0 Å². The number of nitrogens with two attached hydrogens (primary N) is 1. The number of imidazole rings is 1. The van der Waals surface area contributed by atoms with Crippen LogP contribution in [-0.4, -0.2) is 100 Å². The highest BCUT2D eigenvalue weighted by atomic mass is 31.2. The summed E-state index contributed by atoms with van der Waals surface area (Å²) in [6, 6.07) is 0. The van der Waals surface area contributed by atoms with Crippen molar-refractivity contribution in [2.24, 2.45) is 5.73 Å². The lowest BCUT2D eigenvalue weighted by Gasteiger charge is -2.18. The number of anilines is 1. The second kappa shape index (κ2) is 10.8. The molecule has 5 N–H and O–H groups in total. The van der Waals surface area contributed by atoms with E-state index < -0.39 is 31.4 Å². The van der Waals surface area contributed by atoms with Crippen molar-refractivity contribution < 1.29 is 19.7 Å². The molecule has 1 unspecified atom stereocenters. The van der Waals surface area contributed by atoms with E-state index in [1.165, 1.54) is 6.33 Å². The summed E-state index contributed by atoms with van der Waals surface area (Å²) in [5.41, 5.74) is 6.57. The molecule has 0 amide bonds. The maximum absolute atomic E-state index is 10.6. The van der Waals surface area contributed by atoms with Crippen molar-refractivity contribution in [2.75, 3.05) is 51.1 Å². The van der Waals surface area contributed by atoms with Crippen molar-refractivity contribution in [1.29, 1.82) is 0 Å². The van der Waals surface area contributed by atoms with Gasteiger partial charge in [-0.15, -0.1) is 13.2 Å². The van der Waals surface area contributed by atoms with Gasteiger partial charge in [0.1, 0.15) is 18.5 Å². The van der Waals surface area contributed by atoms with Crippen LogP contribution in [-0.2, 0) is 9.47 Å². The van der Waals surface area contributed by atoms with Crippen molar-refractivity contribution in [3.05, 3.63) is 12.7 Å². The first-order valence-corrected chi connectivity index (χ1v) is 13.8. The summed E-state index contributed by atoms with van der Waals surface area (Å²) in [5.74, 6) is 0.610. The first-order chi connectivity index (χ1) is 14.8. The molecule has 11 heteroatoms. The quantitative estimate of drug-likeness (QED) is 0.270. The Kier molecular flexibility index (Phi) is 8.43. The molecule has 2 aromatic heterocycles. The number of aliphatic hydroxyl groups excluding tert-OH is 2. The van der Waals surface area contributed by atoms with Gasteiger partial charge in [0, 0.05) is 19.8 Å². The average Bonchev–Trinajstić information content (AvgIpc) is 3.27. The second-order valence-corrected chi connectivity index (χ2v) is 12.9. The van der Waals surface area contributed by atoms with Gasteiger partial charge in [-0.25, -0.2) is 15.0 Å². The fourth-order valence-corrected chi connectivity index (χ4v) is 4.46. The molecule has 1 fully saturated rings. The van der Waals surface area contributed by atoms with Crippen molar-refractivity contribution in [3.8, 4) is 0 Å². The third-order valence-electron chi connectivity index (χ3n) is 5.24. The number of nitrogens with one attached hydrogen (secondary N) is 1. The predicted octanol–water partition coefficient (Wildman–Crippen LogP) is 0.712. The van der Waals surface area contributed by atoms with Crippen LogP contribution in [0, 0.1) is 0 Å². The second-order valence-electron chi connectivity index (χ2n) is 8.58. The van der Waals surface area contributed by atoms with Gasteiger partial charge in [0.05, 0.1) is 12.4 Å². The lowest BCUT2D eigenvalue weighted by molar-refractivity contribution is -0.0353. The van der Waals surface area contributed by atoms with Crippen molar-refractivity contribution in [1.82, 2.24) is 19.5 Å². The molecule has 2 aromatic rings. The van der Waals surface area contributed by atoms with Crippen LogP contribution < -0.4 is 11.1 Å². The summed E-state index contributed by atoms with van der Waals surface area (Å²) < 4.78 is 13.2. The molecule has 1 aliphatic rings. The number of aromatic nitrogens is 4. The summed E-state index contributed by atoms with van der Waals surface area (Å²) >= 11 is 0. The SMILES string of the molecule is C=P(C)(C)CCC1O[C@@H](n2cnc3c(NCCCOCCCN)ncnc32)[C@H](O)[C@@H]1O. The van der Waals surface area contributed by atoms with E-state index in [1.54, 1.807) is 10.9 Å². The molecule has 0 aromatic carbocycles. The Balaban J connectivity index is 1.64. The van der Waals surface area contributed by atoms with Crippen molar-refractivity contribution >= 4 is 30.2 Å².